The third-order valence-electron chi connectivity index (χ3n) is 4.69. The van der Waals surface area contributed by atoms with Crippen LogP contribution in [-0.4, -0.2) is 30.7 Å². The van der Waals surface area contributed by atoms with Gasteiger partial charge in [-0.05, 0) is 48.6 Å². The largest absolute Gasteiger partial charge is 0.357 e. The van der Waals surface area contributed by atoms with Crippen LogP contribution in [0.15, 0.2) is 42.6 Å². The number of nitrogens with zero attached hydrogens (tertiary/aromatic N) is 2. The first kappa shape index (κ1) is 16.8. The second kappa shape index (κ2) is 7.71. The van der Waals surface area contributed by atoms with Gasteiger partial charge in [-0.25, -0.2) is 13.8 Å². The summed E-state index contributed by atoms with van der Waals surface area (Å²) in [6, 6.07) is 10.6. The van der Waals surface area contributed by atoms with Crippen LogP contribution in [0.5, 0.6) is 0 Å². The summed E-state index contributed by atoms with van der Waals surface area (Å²) in [6.45, 7) is 4.75. The molecule has 0 unspecified atom stereocenters. The normalized spacial score (nSPS) is 17.0. The van der Waals surface area contributed by atoms with Crippen molar-refractivity contribution in [2.24, 2.45) is 0 Å². The molecule has 0 amide bonds. The molecule has 0 radical (unpaired) electrons. The molecule has 1 N–H and O–H groups in total. The zero-order valence-corrected chi connectivity index (χ0v) is 13.9. The quantitative estimate of drug-likeness (QED) is 0.905. The van der Waals surface area contributed by atoms with E-state index >= 15 is 0 Å². The summed E-state index contributed by atoms with van der Waals surface area (Å²) < 4.78 is 26.3. The average Bonchev–Trinajstić information content (AvgIpc) is 2.63. The third kappa shape index (κ3) is 4.09. The molecular formula is C19H23F2N3. The molecule has 2 heterocycles. The molecule has 1 saturated heterocycles. The Balaban J connectivity index is 1.47. The standard InChI is InChI=1S/C19H23F2N3/c1-14(15-5-6-17(20)18(21)12-15)13-23-16-7-10-24(11-8-16)19-4-2-3-9-22-19/h2-6,9,12,14,16,23H,7-8,10-11,13H2,1H3/t14-/m0/s1. The van der Waals surface area contributed by atoms with Crippen LogP contribution in [0.4, 0.5) is 14.6 Å². The zero-order chi connectivity index (χ0) is 16.9. The summed E-state index contributed by atoms with van der Waals surface area (Å²) in [7, 11) is 0. The number of benzene rings is 1. The number of halogens is 2. The van der Waals surface area contributed by atoms with Crippen LogP contribution in [0, 0.1) is 11.6 Å². The van der Waals surface area contributed by atoms with Gasteiger partial charge in [0.15, 0.2) is 11.6 Å². The maximum Gasteiger partial charge on any atom is 0.159 e. The lowest BCUT2D eigenvalue weighted by Gasteiger charge is -2.33. The van der Waals surface area contributed by atoms with Gasteiger partial charge in [-0.2, -0.15) is 0 Å². The number of aromatic nitrogens is 1. The van der Waals surface area contributed by atoms with Gasteiger partial charge in [0.05, 0.1) is 0 Å². The Labute approximate surface area is 141 Å². The van der Waals surface area contributed by atoms with Crippen LogP contribution in [0.1, 0.15) is 31.2 Å². The second-order valence-corrected chi connectivity index (χ2v) is 6.43. The summed E-state index contributed by atoms with van der Waals surface area (Å²) >= 11 is 0. The number of hydrogen-bond acceptors (Lipinski definition) is 3. The van der Waals surface area contributed by atoms with Crippen molar-refractivity contribution >= 4 is 5.82 Å². The monoisotopic (exact) mass is 331 g/mol. The molecule has 24 heavy (non-hydrogen) atoms. The van der Waals surface area contributed by atoms with E-state index < -0.39 is 11.6 Å². The summed E-state index contributed by atoms with van der Waals surface area (Å²) in [6.07, 6.45) is 3.94. The Bertz CT molecular complexity index is 655. The van der Waals surface area contributed by atoms with Crippen molar-refractivity contribution < 1.29 is 8.78 Å². The molecule has 1 aliphatic rings. The number of nitrogens with one attached hydrogen (secondary N) is 1. The summed E-state index contributed by atoms with van der Waals surface area (Å²) in [5, 5.41) is 3.56. The van der Waals surface area contributed by atoms with Crippen molar-refractivity contribution in [1.29, 1.82) is 0 Å². The zero-order valence-electron chi connectivity index (χ0n) is 13.9. The van der Waals surface area contributed by atoms with Crippen molar-refractivity contribution in [3.8, 4) is 0 Å². The fraction of sp³-hybridized carbons (Fsp3) is 0.421. The van der Waals surface area contributed by atoms with Gasteiger partial charge < -0.3 is 10.2 Å². The average molecular weight is 331 g/mol. The summed E-state index contributed by atoms with van der Waals surface area (Å²) in [5.41, 5.74) is 0.826. The van der Waals surface area contributed by atoms with Crippen molar-refractivity contribution in [3.05, 3.63) is 59.8 Å². The van der Waals surface area contributed by atoms with Crippen molar-refractivity contribution in [2.45, 2.75) is 31.7 Å². The van der Waals surface area contributed by atoms with Gasteiger partial charge in [0, 0.05) is 31.9 Å². The maximum absolute atomic E-state index is 13.3. The molecule has 5 heteroatoms. The molecular weight excluding hydrogens is 308 g/mol. The molecule has 128 valence electrons. The SMILES string of the molecule is C[C@@H](CNC1CCN(c2ccccn2)CC1)c1ccc(F)c(F)c1. The topological polar surface area (TPSA) is 28.2 Å². The van der Waals surface area contributed by atoms with Crippen molar-refractivity contribution in [3.63, 3.8) is 0 Å². The minimum Gasteiger partial charge on any atom is -0.357 e. The Hall–Kier alpha value is -2.01. The van der Waals surface area contributed by atoms with Gasteiger partial charge >= 0.3 is 0 Å². The van der Waals surface area contributed by atoms with Gasteiger partial charge in [0.1, 0.15) is 5.82 Å². The molecule has 0 spiro atoms. The van der Waals surface area contributed by atoms with E-state index in [1.807, 2.05) is 31.3 Å². The number of piperidine rings is 1. The smallest absolute Gasteiger partial charge is 0.159 e. The van der Waals surface area contributed by atoms with Crippen LogP contribution in [-0.2, 0) is 0 Å². The highest BCUT2D eigenvalue weighted by Gasteiger charge is 2.20. The highest BCUT2D eigenvalue weighted by molar-refractivity contribution is 5.38. The fourth-order valence-electron chi connectivity index (χ4n) is 3.13. The van der Waals surface area contributed by atoms with Crippen LogP contribution >= 0.6 is 0 Å². The molecule has 2 aromatic rings. The molecule has 3 rings (SSSR count). The van der Waals surface area contributed by atoms with Gasteiger partial charge in [0.2, 0.25) is 0 Å². The molecule has 0 saturated carbocycles. The van der Waals surface area contributed by atoms with Crippen molar-refractivity contribution in [1.82, 2.24) is 10.3 Å². The van der Waals surface area contributed by atoms with Gasteiger partial charge in [-0.3, -0.25) is 0 Å². The van der Waals surface area contributed by atoms with E-state index in [0.29, 0.717) is 6.04 Å². The molecule has 1 aromatic heterocycles. The molecule has 0 bridgehead atoms. The molecule has 0 aliphatic carbocycles. The molecule has 1 fully saturated rings. The Morgan fingerprint density at radius 1 is 1.17 bits per heavy atom. The van der Waals surface area contributed by atoms with Crippen LogP contribution in [0.2, 0.25) is 0 Å². The van der Waals surface area contributed by atoms with Crippen LogP contribution in [0.25, 0.3) is 0 Å². The molecule has 1 aromatic carbocycles. The maximum atomic E-state index is 13.3. The van der Waals surface area contributed by atoms with E-state index in [2.05, 4.69) is 15.2 Å². The minimum atomic E-state index is -0.791. The van der Waals surface area contributed by atoms with E-state index in [0.717, 1.165) is 43.9 Å². The minimum absolute atomic E-state index is 0.147. The van der Waals surface area contributed by atoms with E-state index in [1.54, 1.807) is 6.07 Å². The summed E-state index contributed by atoms with van der Waals surface area (Å²) in [4.78, 5) is 6.70. The predicted octanol–water partition coefficient (Wildman–Crippen LogP) is 3.72. The Morgan fingerprint density at radius 2 is 1.96 bits per heavy atom. The highest BCUT2D eigenvalue weighted by Crippen LogP contribution is 2.20. The predicted molar refractivity (Wildman–Crippen MR) is 92.2 cm³/mol. The summed E-state index contributed by atoms with van der Waals surface area (Å²) in [5.74, 6) is -0.385. The van der Waals surface area contributed by atoms with Crippen LogP contribution in [0.3, 0.4) is 0 Å². The van der Waals surface area contributed by atoms with E-state index in [9.17, 15) is 8.78 Å². The van der Waals surface area contributed by atoms with Crippen LogP contribution < -0.4 is 10.2 Å². The lowest BCUT2D eigenvalue weighted by Crippen LogP contribution is -2.43. The number of hydrogen-bond donors (Lipinski definition) is 1. The molecule has 1 aliphatic heterocycles. The first-order chi connectivity index (χ1) is 11.6. The van der Waals surface area contributed by atoms with E-state index in [-0.39, 0.29) is 5.92 Å². The molecule has 1 atom stereocenters. The van der Waals surface area contributed by atoms with E-state index in [4.69, 9.17) is 0 Å². The first-order valence-electron chi connectivity index (χ1n) is 8.48. The fourth-order valence-corrected chi connectivity index (χ4v) is 3.13. The van der Waals surface area contributed by atoms with Gasteiger partial charge in [-0.1, -0.05) is 19.1 Å². The van der Waals surface area contributed by atoms with Gasteiger partial charge in [0.25, 0.3) is 0 Å². The number of rotatable bonds is 5. The Morgan fingerprint density at radius 3 is 2.62 bits per heavy atom. The van der Waals surface area contributed by atoms with E-state index in [1.165, 1.54) is 12.1 Å². The third-order valence-corrected chi connectivity index (χ3v) is 4.69. The lowest BCUT2D eigenvalue weighted by atomic mass is 9.99. The number of anilines is 1. The molecule has 3 nitrogen and oxygen atoms in total. The van der Waals surface area contributed by atoms with Gasteiger partial charge in [-0.15, -0.1) is 0 Å². The first-order valence-corrected chi connectivity index (χ1v) is 8.48. The Kier molecular flexibility index (Phi) is 5.41. The highest BCUT2D eigenvalue weighted by atomic mass is 19.2. The lowest BCUT2D eigenvalue weighted by molar-refractivity contribution is 0.404. The number of pyridine rings is 1. The van der Waals surface area contributed by atoms with Crippen molar-refractivity contribution in [2.75, 3.05) is 24.5 Å². The second-order valence-electron chi connectivity index (χ2n) is 6.43.